The molecule has 252 valence electrons. The number of methoxy groups -OCH3 is 2. The summed E-state index contributed by atoms with van der Waals surface area (Å²) in [6, 6.07) is 17.4. The molecule has 10 nitrogen and oxygen atoms in total. The Bertz CT molecular complexity index is 2070. The number of nitrogens with zero attached hydrogens (tertiary/aromatic N) is 1. The number of imide groups is 1. The molecule has 3 heterocycles. The Morgan fingerprint density at radius 2 is 1.67 bits per heavy atom. The van der Waals surface area contributed by atoms with Crippen LogP contribution in [-0.4, -0.2) is 48.8 Å². The first-order valence-corrected chi connectivity index (χ1v) is 18.1. The van der Waals surface area contributed by atoms with Crippen molar-refractivity contribution < 1.29 is 28.6 Å². The van der Waals surface area contributed by atoms with Crippen molar-refractivity contribution in [3.8, 4) is 17.2 Å². The average Bonchev–Trinajstić information content (AvgIpc) is 3.84. The summed E-state index contributed by atoms with van der Waals surface area (Å²) in [4.78, 5) is 58.5. The lowest BCUT2D eigenvalue weighted by molar-refractivity contribution is -0.123. The van der Waals surface area contributed by atoms with E-state index < -0.39 is 17.7 Å². The Morgan fingerprint density at radius 1 is 0.918 bits per heavy atom. The third kappa shape index (κ3) is 5.31. The van der Waals surface area contributed by atoms with E-state index in [-0.39, 0.29) is 52.2 Å². The number of amides is 3. The molecule has 7 atom stereocenters. The van der Waals surface area contributed by atoms with Crippen LogP contribution in [0, 0.1) is 29.6 Å². The summed E-state index contributed by atoms with van der Waals surface area (Å²) >= 11 is 14.9. The number of anilines is 2. The number of ether oxygens (including phenoxy) is 3. The lowest BCUT2D eigenvalue weighted by Crippen LogP contribution is -2.42. The summed E-state index contributed by atoms with van der Waals surface area (Å²) in [6.07, 6.45) is 0.771. The van der Waals surface area contributed by atoms with Gasteiger partial charge in [0.15, 0.2) is 18.1 Å². The van der Waals surface area contributed by atoms with Gasteiger partial charge in [-0.25, -0.2) is 0 Å². The number of thioether (sulfide) groups is 1. The van der Waals surface area contributed by atoms with Crippen LogP contribution < -0.4 is 29.3 Å². The molecule has 1 aromatic heterocycles. The van der Waals surface area contributed by atoms with Crippen molar-refractivity contribution in [2.75, 3.05) is 31.0 Å². The fraction of sp³-hybridized carbons (Fsp3) is 0.314. The number of hydrogen-bond acceptors (Lipinski definition) is 9. The van der Waals surface area contributed by atoms with Gasteiger partial charge in [0, 0.05) is 21.7 Å². The highest BCUT2D eigenvalue weighted by Crippen LogP contribution is 2.68. The average molecular weight is 739 g/mol. The number of carbonyl (C=O) groups excluding carboxylic acids is 3. The van der Waals surface area contributed by atoms with Crippen LogP contribution in [0.3, 0.4) is 0 Å². The molecule has 2 saturated carbocycles. The van der Waals surface area contributed by atoms with Gasteiger partial charge in [0.25, 0.3) is 5.91 Å². The molecule has 3 aromatic carbocycles. The minimum Gasteiger partial charge on any atom is -0.497 e. The van der Waals surface area contributed by atoms with Gasteiger partial charge in [0.1, 0.15) is 5.75 Å². The van der Waals surface area contributed by atoms with Crippen LogP contribution in [0.1, 0.15) is 22.8 Å². The first kappa shape index (κ1) is 32.2. The van der Waals surface area contributed by atoms with Gasteiger partial charge in [-0.2, -0.15) is 0 Å². The molecule has 4 aromatic rings. The normalized spacial score (nSPS) is 26.3. The lowest BCUT2D eigenvalue weighted by atomic mass is 9.68. The Balaban J connectivity index is 1.08. The van der Waals surface area contributed by atoms with Crippen molar-refractivity contribution in [3.05, 3.63) is 90.8 Å². The smallest absolute Gasteiger partial charge is 0.305 e. The number of H-pyrrole nitrogens is 1. The van der Waals surface area contributed by atoms with Crippen molar-refractivity contribution in [2.45, 2.75) is 22.6 Å². The first-order chi connectivity index (χ1) is 23.7. The summed E-state index contributed by atoms with van der Waals surface area (Å²) in [6.45, 7) is -0.280. The van der Waals surface area contributed by atoms with Gasteiger partial charge in [-0.15, -0.1) is 11.8 Å². The summed E-state index contributed by atoms with van der Waals surface area (Å²) in [5.74, 6) is -0.352. The van der Waals surface area contributed by atoms with Crippen LogP contribution in [-0.2, 0) is 14.4 Å². The number of nitrogens with one attached hydrogen (secondary N) is 2. The van der Waals surface area contributed by atoms with E-state index in [0.29, 0.717) is 38.7 Å². The van der Waals surface area contributed by atoms with E-state index >= 15 is 0 Å². The molecule has 49 heavy (non-hydrogen) atoms. The molecule has 1 saturated heterocycles. The second-order valence-electron chi connectivity index (χ2n) is 12.5. The Morgan fingerprint density at radius 3 is 2.39 bits per heavy atom. The van der Waals surface area contributed by atoms with Gasteiger partial charge in [0.2, 0.25) is 11.8 Å². The van der Waals surface area contributed by atoms with Crippen LogP contribution >= 0.6 is 46.3 Å². The molecule has 3 amide bonds. The highest BCUT2D eigenvalue weighted by molar-refractivity contribution is 8.00. The van der Waals surface area contributed by atoms with Crippen molar-refractivity contribution >= 4 is 75.4 Å². The summed E-state index contributed by atoms with van der Waals surface area (Å²) in [7, 11) is 3.10. The molecule has 8 rings (SSSR count). The van der Waals surface area contributed by atoms with Gasteiger partial charge in [0.05, 0.1) is 46.8 Å². The second kappa shape index (κ2) is 12.4. The first-order valence-electron chi connectivity index (χ1n) is 15.6. The quantitative estimate of drug-likeness (QED) is 0.198. The second-order valence-corrected chi connectivity index (χ2v) is 15.6. The summed E-state index contributed by atoms with van der Waals surface area (Å²) < 4.78 is 16.9. The molecular weight excluding hydrogens is 709 g/mol. The van der Waals surface area contributed by atoms with Crippen molar-refractivity contribution in [2.24, 2.45) is 29.6 Å². The predicted molar refractivity (Wildman–Crippen MR) is 188 cm³/mol. The van der Waals surface area contributed by atoms with E-state index in [1.165, 1.54) is 23.3 Å². The predicted octanol–water partition coefficient (Wildman–Crippen LogP) is 6.46. The van der Waals surface area contributed by atoms with Crippen molar-refractivity contribution in [3.63, 3.8) is 0 Å². The van der Waals surface area contributed by atoms with Crippen LogP contribution in [0.5, 0.6) is 17.2 Å². The molecule has 2 aliphatic heterocycles. The number of aromatic amines is 1. The number of fused-ring (bicyclic) bond motifs is 9. The molecule has 6 unspecified atom stereocenters. The monoisotopic (exact) mass is 737 g/mol. The van der Waals surface area contributed by atoms with Gasteiger partial charge >= 0.3 is 4.87 Å². The Hall–Kier alpha value is -3.97. The van der Waals surface area contributed by atoms with Crippen molar-refractivity contribution in [1.29, 1.82) is 0 Å². The zero-order valence-electron chi connectivity index (χ0n) is 26.1. The standard InChI is InChI=1S/C35H29Cl2N3O7S2/c1-45-18-7-5-17(6-8-18)40-33(42)28-19-13-20(29(28)34(40)43)30-27(19)26(31-32(48-30)39-35(44)49-31)15-3-10-23(24(11-15)46-2)47-14-25(41)38-16-4-9-21(36)22(37)12-16/h3-12,19-20,26-30H,13-14H2,1-2H3,(H,38,41)(H,39,44)/t19?,20?,26-,27?,28?,29?,30?/m1/s1. The van der Waals surface area contributed by atoms with E-state index in [2.05, 4.69) is 10.3 Å². The number of thiazole rings is 1. The highest BCUT2D eigenvalue weighted by Gasteiger charge is 2.69. The van der Waals surface area contributed by atoms with E-state index in [1.807, 2.05) is 12.1 Å². The van der Waals surface area contributed by atoms with Gasteiger partial charge in [-0.1, -0.05) is 40.6 Å². The lowest BCUT2D eigenvalue weighted by Gasteiger charge is -2.43. The van der Waals surface area contributed by atoms with Crippen molar-refractivity contribution in [1.82, 2.24) is 4.98 Å². The van der Waals surface area contributed by atoms with Gasteiger partial charge in [-0.05, 0) is 84.3 Å². The van der Waals surface area contributed by atoms with E-state index in [1.54, 1.807) is 67.4 Å². The molecule has 4 aliphatic rings. The molecule has 2 aliphatic carbocycles. The molecule has 3 fully saturated rings. The third-order valence-corrected chi connectivity index (χ3v) is 13.5. The molecule has 2 N–H and O–H groups in total. The molecule has 14 heteroatoms. The number of rotatable bonds is 8. The van der Waals surface area contributed by atoms with Crippen LogP contribution in [0.15, 0.2) is 70.5 Å². The van der Waals surface area contributed by atoms with Crippen LogP contribution in [0.4, 0.5) is 11.4 Å². The molecular formula is C35H29Cl2N3O7S2. The fourth-order valence-corrected chi connectivity index (χ4v) is 11.5. The number of hydrogen-bond donors (Lipinski definition) is 2. The zero-order chi connectivity index (χ0) is 34.1. The maximum Gasteiger partial charge on any atom is 0.305 e. The van der Waals surface area contributed by atoms with E-state index in [0.717, 1.165) is 21.9 Å². The minimum absolute atomic E-state index is 0.0104. The summed E-state index contributed by atoms with van der Waals surface area (Å²) in [5.41, 5.74) is 1.94. The fourth-order valence-electron chi connectivity index (χ4n) is 8.29. The number of benzene rings is 3. The molecule has 0 radical (unpaired) electrons. The maximum absolute atomic E-state index is 14.1. The topological polar surface area (TPSA) is 127 Å². The number of carbonyl (C=O) groups is 3. The molecule has 2 bridgehead atoms. The zero-order valence-corrected chi connectivity index (χ0v) is 29.3. The largest absolute Gasteiger partial charge is 0.497 e. The third-order valence-electron chi connectivity index (χ3n) is 10.2. The van der Waals surface area contributed by atoms with Gasteiger partial charge in [-0.3, -0.25) is 24.1 Å². The Kier molecular flexibility index (Phi) is 8.17. The van der Waals surface area contributed by atoms with E-state index in [9.17, 15) is 19.2 Å². The highest BCUT2D eigenvalue weighted by atomic mass is 35.5. The minimum atomic E-state index is -0.431. The SMILES string of the molecule is COc1ccc(N2C(=O)C3C4CC(C3C2=O)C2C4Sc3[nH]c(=O)sc3[C@@H]2c2ccc(OCC(=O)Nc3ccc(Cl)c(Cl)c3)c(OC)c2)cc1. The Labute approximate surface area is 299 Å². The van der Waals surface area contributed by atoms with E-state index in [4.69, 9.17) is 37.4 Å². The maximum atomic E-state index is 14.1. The number of halogens is 2. The van der Waals surface area contributed by atoms with Crippen LogP contribution in [0.2, 0.25) is 10.0 Å². The summed E-state index contributed by atoms with van der Waals surface area (Å²) in [5, 5.41) is 4.29. The molecule has 0 spiro atoms. The van der Waals surface area contributed by atoms with Gasteiger partial charge < -0.3 is 24.5 Å². The van der Waals surface area contributed by atoms with Crippen LogP contribution in [0.25, 0.3) is 0 Å². The number of aromatic nitrogens is 1.